The minimum atomic E-state index is 0. The van der Waals surface area contributed by atoms with E-state index in [9.17, 15) is 0 Å². The molecule has 26 heavy (non-hydrogen) atoms. The zero-order valence-corrected chi connectivity index (χ0v) is 18.1. The van der Waals surface area contributed by atoms with E-state index in [1.807, 2.05) is 24.3 Å². The lowest BCUT2D eigenvalue weighted by Gasteiger charge is -2.12. The summed E-state index contributed by atoms with van der Waals surface area (Å²) < 4.78 is 2.29. The molecule has 0 radical (unpaired) electrons. The minimum Gasteiger partial charge on any atom is -0.356 e. The largest absolute Gasteiger partial charge is 0.356 e. The van der Waals surface area contributed by atoms with Gasteiger partial charge in [0.15, 0.2) is 5.96 Å². The van der Waals surface area contributed by atoms with Gasteiger partial charge in [-0.3, -0.25) is 4.99 Å². The van der Waals surface area contributed by atoms with Crippen LogP contribution in [-0.4, -0.2) is 34.3 Å². The Bertz CT molecular complexity index is 713. The van der Waals surface area contributed by atoms with Crippen molar-refractivity contribution in [3.63, 3.8) is 0 Å². The molecule has 1 aromatic carbocycles. The Kier molecular flexibility index (Phi) is 8.64. The van der Waals surface area contributed by atoms with Crippen LogP contribution < -0.4 is 10.6 Å². The van der Waals surface area contributed by atoms with E-state index in [2.05, 4.69) is 30.4 Å². The number of aliphatic imine (C=N–C) groups is 1. The fourth-order valence-electron chi connectivity index (χ4n) is 3.03. The first-order valence-corrected chi connectivity index (χ1v) is 9.24. The van der Waals surface area contributed by atoms with Crippen LogP contribution in [0.25, 0.3) is 0 Å². The Balaban J connectivity index is 0.00000243. The van der Waals surface area contributed by atoms with Gasteiger partial charge < -0.3 is 15.2 Å². The van der Waals surface area contributed by atoms with Crippen LogP contribution in [0.3, 0.4) is 0 Å². The van der Waals surface area contributed by atoms with Gasteiger partial charge in [-0.2, -0.15) is 0 Å². The van der Waals surface area contributed by atoms with Gasteiger partial charge in [0.1, 0.15) is 11.6 Å². The third-order valence-corrected chi connectivity index (χ3v) is 4.68. The van der Waals surface area contributed by atoms with E-state index in [0.29, 0.717) is 6.54 Å². The van der Waals surface area contributed by atoms with Crippen LogP contribution in [0.1, 0.15) is 36.5 Å². The first-order chi connectivity index (χ1) is 12.3. The Morgan fingerprint density at radius 3 is 2.73 bits per heavy atom. The fourth-order valence-corrected chi connectivity index (χ4v) is 3.16. The van der Waals surface area contributed by atoms with E-state index in [1.54, 1.807) is 7.05 Å². The third kappa shape index (κ3) is 5.84. The Labute approximate surface area is 176 Å². The van der Waals surface area contributed by atoms with Crippen LogP contribution in [0.15, 0.2) is 29.3 Å². The topological polar surface area (TPSA) is 67.1 Å². The normalized spacial score (nSPS) is 14.2. The number of hydrogen-bond donors (Lipinski definition) is 2. The van der Waals surface area contributed by atoms with E-state index < -0.39 is 0 Å². The van der Waals surface area contributed by atoms with Crippen LogP contribution in [0.4, 0.5) is 0 Å². The highest BCUT2D eigenvalue weighted by Crippen LogP contribution is 2.14. The van der Waals surface area contributed by atoms with Gasteiger partial charge in [0.05, 0.1) is 0 Å². The minimum absolute atomic E-state index is 0. The highest BCUT2D eigenvalue weighted by molar-refractivity contribution is 14.0. The van der Waals surface area contributed by atoms with Crippen molar-refractivity contribution >= 4 is 41.5 Å². The molecule has 0 aliphatic carbocycles. The molecule has 0 saturated carbocycles. The van der Waals surface area contributed by atoms with Crippen molar-refractivity contribution in [2.75, 3.05) is 13.6 Å². The molecule has 8 heteroatoms. The smallest absolute Gasteiger partial charge is 0.191 e. The molecule has 3 rings (SSSR count). The van der Waals surface area contributed by atoms with Crippen molar-refractivity contribution in [3.05, 3.63) is 46.5 Å². The van der Waals surface area contributed by atoms with Crippen molar-refractivity contribution in [1.29, 1.82) is 0 Å². The molecule has 0 fully saturated rings. The summed E-state index contributed by atoms with van der Waals surface area (Å²) in [6.07, 6.45) is 5.61. The van der Waals surface area contributed by atoms with Gasteiger partial charge >= 0.3 is 0 Å². The first-order valence-electron chi connectivity index (χ1n) is 8.86. The summed E-state index contributed by atoms with van der Waals surface area (Å²) in [7, 11) is 1.78. The van der Waals surface area contributed by atoms with Gasteiger partial charge in [-0.05, 0) is 30.5 Å². The van der Waals surface area contributed by atoms with Gasteiger partial charge in [0.25, 0.3) is 0 Å². The fraction of sp³-hybridized carbons (Fsp3) is 0.500. The first kappa shape index (κ1) is 21.0. The highest BCUT2D eigenvalue weighted by Gasteiger charge is 2.14. The Morgan fingerprint density at radius 1 is 1.15 bits per heavy atom. The quantitative estimate of drug-likeness (QED) is 0.385. The van der Waals surface area contributed by atoms with Crippen LogP contribution in [0, 0.1) is 0 Å². The van der Waals surface area contributed by atoms with E-state index in [4.69, 9.17) is 11.6 Å². The molecule has 1 aliphatic heterocycles. The van der Waals surface area contributed by atoms with Crippen LogP contribution in [0.2, 0.25) is 5.02 Å². The van der Waals surface area contributed by atoms with Gasteiger partial charge in [-0.25, -0.2) is 0 Å². The summed E-state index contributed by atoms with van der Waals surface area (Å²) in [5, 5.41) is 16.1. The summed E-state index contributed by atoms with van der Waals surface area (Å²) in [5.74, 6) is 2.99. The molecule has 2 N–H and O–H groups in total. The highest BCUT2D eigenvalue weighted by atomic mass is 127. The maximum atomic E-state index is 5.91. The maximum absolute atomic E-state index is 5.91. The van der Waals surface area contributed by atoms with Gasteiger partial charge in [0, 0.05) is 44.5 Å². The standard InChI is InChI=1S/C18H25ClN6.HI/c1-20-18(22-13-14-6-8-15(19)9-7-14)21-11-10-17-24-23-16-5-3-2-4-12-25(16)17;/h6-9H,2-5,10-13H2,1H3,(H2,20,21,22);1H. The second-order valence-corrected chi connectivity index (χ2v) is 6.66. The molecular formula is C18H26ClIN6. The van der Waals surface area contributed by atoms with E-state index >= 15 is 0 Å². The number of fused-ring (bicyclic) bond motifs is 1. The molecule has 1 aliphatic rings. The third-order valence-electron chi connectivity index (χ3n) is 4.42. The van der Waals surface area contributed by atoms with Crippen LogP contribution in [0.5, 0.6) is 0 Å². The predicted octanol–water partition coefficient (Wildman–Crippen LogP) is 3.18. The number of halogens is 2. The number of rotatable bonds is 5. The van der Waals surface area contributed by atoms with Gasteiger partial charge in [0.2, 0.25) is 0 Å². The zero-order valence-electron chi connectivity index (χ0n) is 15.0. The molecule has 1 aromatic heterocycles. The second kappa shape index (κ2) is 10.7. The second-order valence-electron chi connectivity index (χ2n) is 6.22. The van der Waals surface area contributed by atoms with E-state index in [1.165, 1.54) is 19.3 Å². The molecule has 2 heterocycles. The van der Waals surface area contributed by atoms with Crippen molar-refractivity contribution in [2.24, 2.45) is 4.99 Å². The molecule has 0 atom stereocenters. The molecule has 0 unspecified atom stereocenters. The van der Waals surface area contributed by atoms with Gasteiger partial charge in [-0.1, -0.05) is 30.2 Å². The molecule has 0 amide bonds. The summed E-state index contributed by atoms with van der Waals surface area (Å²) in [4.78, 5) is 4.27. The molecule has 0 bridgehead atoms. The van der Waals surface area contributed by atoms with Crippen molar-refractivity contribution in [2.45, 2.75) is 45.2 Å². The zero-order chi connectivity index (χ0) is 17.5. The molecular weight excluding hydrogens is 463 g/mol. The monoisotopic (exact) mass is 488 g/mol. The molecule has 142 valence electrons. The molecule has 0 spiro atoms. The number of benzene rings is 1. The average molecular weight is 489 g/mol. The summed E-state index contributed by atoms with van der Waals surface area (Å²) in [5.41, 5.74) is 1.16. The van der Waals surface area contributed by atoms with Crippen LogP contribution in [-0.2, 0) is 25.9 Å². The maximum Gasteiger partial charge on any atom is 0.191 e. The number of guanidine groups is 1. The van der Waals surface area contributed by atoms with Crippen molar-refractivity contribution < 1.29 is 0 Å². The summed E-state index contributed by atoms with van der Waals surface area (Å²) >= 11 is 5.91. The lowest BCUT2D eigenvalue weighted by molar-refractivity contribution is 0.600. The summed E-state index contributed by atoms with van der Waals surface area (Å²) in [6, 6.07) is 7.81. The molecule has 2 aromatic rings. The number of nitrogens with zero attached hydrogens (tertiary/aromatic N) is 4. The number of aromatic nitrogens is 3. The number of nitrogens with one attached hydrogen (secondary N) is 2. The summed E-state index contributed by atoms with van der Waals surface area (Å²) in [6.45, 7) is 2.52. The van der Waals surface area contributed by atoms with Gasteiger partial charge in [-0.15, -0.1) is 34.2 Å². The average Bonchev–Trinajstić information content (AvgIpc) is 2.86. The molecule has 6 nitrogen and oxygen atoms in total. The lowest BCUT2D eigenvalue weighted by atomic mass is 10.2. The SMILES string of the molecule is CN=C(NCCc1nnc2n1CCCCC2)NCc1ccc(Cl)cc1.I. The van der Waals surface area contributed by atoms with E-state index in [0.717, 1.165) is 54.1 Å². The number of hydrogen-bond acceptors (Lipinski definition) is 3. The van der Waals surface area contributed by atoms with E-state index in [-0.39, 0.29) is 24.0 Å². The van der Waals surface area contributed by atoms with Crippen molar-refractivity contribution in [3.8, 4) is 0 Å². The number of aryl methyl sites for hydroxylation is 1. The van der Waals surface area contributed by atoms with Crippen LogP contribution >= 0.6 is 35.6 Å². The lowest BCUT2D eigenvalue weighted by Crippen LogP contribution is -2.38. The Hall–Kier alpha value is -1.35. The predicted molar refractivity (Wildman–Crippen MR) is 116 cm³/mol. The van der Waals surface area contributed by atoms with Crippen molar-refractivity contribution in [1.82, 2.24) is 25.4 Å². The molecule has 0 saturated heterocycles. The Morgan fingerprint density at radius 2 is 1.96 bits per heavy atom.